The largest absolute Gasteiger partial charge is 0.496 e. The van der Waals surface area contributed by atoms with Gasteiger partial charge in [0, 0.05) is 6.07 Å². The molecule has 0 N–H and O–H groups in total. The lowest BCUT2D eigenvalue weighted by Gasteiger charge is -2.08. The quantitative estimate of drug-likeness (QED) is 0.452. The zero-order valence-corrected chi connectivity index (χ0v) is 13.2. The molecule has 0 aromatic heterocycles. The maximum Gasteiger partial charge on any atom is 0.303 e. The summed E-state index contributed by atoms with van der Waals surface area (Å²) in [6.45, 7) is 3.69. The molecule has 9 heteroatoms. The van der Waals surface area contributed by atoms with Crippen LogP contribution in [0.3, 0.4) is 0 Å². The van der Waals surface area contributed by atoms with Crippen molar-refractivity contribution in [3.63, 3.8) is 0 Å². The minimum absolute atomic E-state index is 0.0586. The van der Waals surface area contributed by atoms with E-state index in [4.69, 9.17) is 4.74 Å². The number of aryl methyl sites for hydroxylation is 2. The van der Waals surface area contributed by atoms with E-state index in [2.05, 4.69) is 10.2 Å². The van der Waals surface area contributed by atoms with Crippen LogP contribution in [-0.2, 0) is 0 Å². The van der Waals surface area contributed by atoms with Gasteiger partial charge < -0.3 is 4.74 Å². The number of nitrogens with zero attached hydrogens (tertiary/aromatic N) is 4. The molecule has 0 aliphatic rings. The third-order valence-electron chi connectivity index (χ3n) is 3.29. The van der Waals surface area contributed by atoms with Gasteiger partial charge in [0.25, 0.3) is 5.69 Å². The molecule has 0 fully saturated rings. The molecule has 0 saturated heterocycles. The number of azo groups is 1. The summed E-state index contributed by atoms with van der Waals surface area (Å²) in [5.41, 5.74) is 1.29. The number of ether oxygens (including phenoxy) is 1. The van der Waals surface area contributed by atoms with E-state index >= 15 is 0 Å². The van der Waals surface area contributed by atoms with E-state index in [1.807, 2.05) is 13.8 Å². The fraction of sp³-hybridized carbons (Fsp3) is 0.200. The third kappa shape index (κ3) is 3.51. The Morgan fingerprint density at radius 1 is 0.958 bits per heavy atom. The normalized spacial score (nSPS) is 10.8. The van der Waals surface area contributed by atoms with E-state index in [1.165, 1.54) is 6.07 Å². The summed E-state index contributed by atoms with van der Waals surface area (Å²) in [5, 5.41) is 29.6. The number of hydrogen-bond acceptors (Lipinski definition) is 7. The van der Waals surface area contributed by atoms with Crippen LogP contribution < -0.4 is 4.74 Å². The van der Waals surface area contributed by atoms with Gasteiger partial charge in [0.1, 0.15) is 5.75 Å². The maximum atomic E-state index is 11.1. The fourth-order valence-electron chi connectivity index (χ4n) is 2.27. The first-order valence-corrected chi connectivity index (χ1v) is 6.83. The zero-order chi connectivity index (χ0) is 17.9. The molecule has 9 nitrogen and oxygen atoms in total. The number of methoxy groups -OCH3 is 1. The standard InChI is InChI=1S/C15H14N4O5/c1-9-6-11(7-10(2)15(9)24-3)16-17-13-5-4-12(18(20)21)8-14(13)19(22)23/h4-8H,1-3H3. The Morgan fingerprint density at radius 3 is 2.08 bits per heavy atom. The van der Waals surface area contributed by atoms with Crippen molar-refractivity contribution >= 4 is 22.7 Å². The molecule has 24 heavy (non-hydrogen) atoms. The average Bonchev–Trinajstić information content (AvgIpc) is 2.52. The molecule has 0 radical (unpaired) electrons. The first-order valence-electron chi connectivity index (χ1n) is 6.83. The lowest BCUT2D eigenvalue weighted by molar-refractivity contribution is -0.393. The summed E-state index contributed by atoms with van der Waals surface area (Å²) < 4.78 is 5.25. The Hall–Kier alpha value is -3.36. The van der Waals surface area contributed by atoms with Crippen molar-refractivity contribution in [1.29, 1.82) is 0 Å². The van der Waals surface area contributed by atoms with Gasteiger partial charge >= 0.3 is 5.69 Å². The summed E-state index contributed by atoms with van der Waals surface area (Å²) in [6, 6.07) is 6.66. The Labute approximate surface area is 136 Å². The molecule has 0 aliphatic carbocycles. The molecule has 2 rings (SSSR count). The second-order valence-electron chi connectivity index (χ2n) is 5.00. The molecule has 2 aromatic rings. The molecule has 0 bridgehead atoms. The predicted octanol–water partition coefficient (Wildman–Crippen LogP) is 4.54. The summed E-state index contributed by atoms with van der Waals surface area (Å²) >= 11 is 0. The second-order valence-corrected chi connectivity index (χ2v) is 5.00. The molecule has 2 aromatic carbocycles. The monoisotopic (exact) mass is 330 g/mol. The highest BCUT2D eigenvalue weighted by atomic mass is 16.6. The minimum atomic E-state index is -0.730. The van der Waals surface area contributed by atoms with Gasteiger partial charge in [-0.3, -0.25) is 20.2 Å². The smallest absolute Gasteiger partial charge is 0.303 e. The molecule has 0 aliphatic heterocycles. The summed E-state index contributed by atoms with van der Waals surface area (Å²) in [6.07, 6.45) is 0. The predicted molar refractivity (Wildman–Crippen MR) is 86.4 cm³/mol. The minimum Gasteiger partial charge on any atom is -0.496 e. The Bertz CT molecular complexity index is 825. The van der Waals surface area contributed by atoms with Gasteiger partial charge in [-0.05, 0) is 43.2 Å². The van der Waals surface area contributed by atoms with Crippen LogP contribution in [0.25, 0.3) is 0 Å². The molecule has 0 spiro atoms. The summed E-state index contributed by atoms with van der Waals surface area (Å²) in [7, 11) is 1.57. The highest BCUT2D eigenvalue weighted by molar-refractivity contribution is 5.62. The Morgan fingerprint density at radius 2 is 1.58 bits per heavy atom. The van der Waals surface area contributed by atoms with Crippen molar-refractivity contribution < 1.29 is 14.6 Å². The lowest BCUT2D eigenvalue weighted by atomic mass is 10.1. The van der Waals surface area contributed by atoms with Crippen molar-refractivity contribution in [1.82, 2.24) is 0 Å². The third-order valence-corrected chi connectivity index (χ3v) is 3.29. The maximum absolute atomic E-state index is 11.1. The van der Waals surface area contributed by atoms with E-state index < -0.39 is 15.5 Å². The highest BCUT2D eigenvalue weighted by Gasteiger charge is 2.19. The van der Waals surface area contributed by atoms with Gasteiger partial charge in [-0.15, -0.1) is 5.11 Å². The molecule has 0 heterocycles. The number of rotatable bonds is 5. The van der Waals surface area contributed by atoms with Crippen molar-refractivity contribution in [2.24, 2.45) is 10.2 Å². The first kappa shape index (κ1) is 17.0. The Kier molecular flexibility index (Phi) is 4.83. The summed E-state index contributed by atoms with van der Waals surface area (Å²) in [4.78, 5) is 20.3. The molecular formula is C15H14N4O5. The van der Waals surface area contributed by atoms with Gasteiger partial charge in [-0.25, -0.2) is 0 Å². The average molecular weight is 330 g/mol. The van der Waals surface area contributed by atoms with Crippen molar-refractivity contribution in [2.45, 2.75) is 13.8 Å². The number of nitro groups is 2. The second kappa shape index (κ2) is 6.82. The van der Waals surface area contributed by atoms with E-state index in [0.717, 1.165) is 29.0 Å². The van der Waals surface area contributed by atoms with Gasteiger partial charge in [0.05, 0.1) is 28.7 Å². The summed E-state index contributed by atoms with van der Waals surface area (Å²) in [5.74, 6) is 0.732. The van der Waals surface area contributed by atoms with E-state index in [1.54, 1.807) is 19.2 Å². The van der Waals surface area contributed by atoms with Crippen molar-refractivity contribution in [2.75, 3.05) is 7.11 Å². The topological polar surface area (TPSA) is 120 Å². The van der Waals surface area contributed by atoms with Crippen LogP contribution in [0.4, 0.5) is 22.7 Å². The van der Waals surface area contributed by atoms with Crippen LogP contribution in [0.2, 0.25) is 0 Å². The SMILES string of the molecule is COc1c(C)cc(N=Nc2ccc([N+](=O)[O-])cc2[N+](=O)[O-])cc1C. The van der Waals surface area contributed by atoms with Crippen LogP contribution in [0, 0.1) is 34.1 Å². The van der Waals surface area contributed by atoms with Gasteiger partial charge in [-0.2, -0.15) is 5.11 Å². The zero-order valence-electron chi connectivity index (χ0n) is 13.2. The van der Waals surface area contributed by atoms with Crippen molar-refractivity contribution in [3.8, 4) is 5.75 Å². The molecule has 124 valence electrons. The van der Waals surface area contributed by atoms with Crippen LogP contribution in [0.1, 0.15) is 11.1 Å². The van der Waals surface area contributed by atoms with Crippen LogP contribution >= 0.6 is 0 Å². The molecular weight excluding hydrogens is 316 g/mol. The number of nitro benzene ring substituents is 2. The van der Waals surface area contributed by atoms with Gasteiger partial charge in [0.15, 0.2) is 5.69 Å². The highest BCUT2D eigenvalue weighted by Crippen LogP contribution is 2.34. The Balaban J connectivity index is 2.42. The van der Waals surface area contributed by atoms with E-state index in [-0.39, 0.29) is 11.4 Å². The lowest BCUT2D eigenvalue weighted by Crippen LogP contribution is -1.92. The van der Waals surface area contributed by atoms with Crippen LogP contribution in [0.15, 0.2) is 40.6 Å². The molecule has 0 atom stereocenters. The fourth-order valence-corrected chi connectivity index (χ4v) is 2.27. The van der Waals surface area contributed by atoms with E-state index in [9.17, 15) is 20.2 Å². The van der Waals surface area contributed by atoms with Crippen LogP contribution in [0.5, 0.6) is 5.75 Å². The van der Waals surface area contributed by atoms with Crippen LogP contribution in [-0.4, -0.2) is 17.0 Å². The first-order chi connectivity index (χ1) is 11.3. The van der Waals surface area contributed by atoms with Gasteiger partial charge in [0.2, 0.25) is 0 Å². The number of benzene rings is 2. The van der Waals surface area contributed by atoms with Gasteiger partial charge in [-0.1, -0.05) is 0 Å². The van der Waals surface area contributed by atoms with E-state index in [0.29, 0.717) is 5.69 Å². The molecule has 0 amide bonds. The molecule has 0 saturated carbocycles. The number of non-ortho nitro benzene ring substituents is 1. The van der Waals surface area contributed by atoms with Crippen molar-refractivity contribution in [3.05, 3.63) is 61.7 Å². The molecule has 0 unspecified atom stereocenters. The number of hydrogen-bond donors (Lipinski definition) is 0.